The van der Waals surface area contributed by atoms with Gasteiger partial charge in [-0.05, 0) is 73.0 Å². The molecule has 0 spiro atoms. The fourth-order valence-electron chi connectivity index (χ4n) is 4.39. The van der Waals surface area contributed by atoms with Crippen LogP contribution in [-0.4, -0.2) is 6.10 Å². The van der Waals surface area contributed by atoms with Gasteiger partial charge in [-0.1, -0.05) is 68.4 Å². The normalized spacial score (nSPS) is 13.0. The van der Waals surface area contributed by atoms with Crippen molar-refractivity contribution < 1.29 is 4.74 Å². The molecule has 0 bridgehead atoms. The largest absolute Gasteiger partial charge is 0.490 e. The van der Waals surface area contributed by atoms with E-state index >= 15 is 0 Å². The van der Waals surface area contributed by atoms with Crippen LogP contribution in [0, 0.1) is 0 Å². The van der Waals surface area contributed by atoms with Crippen molar-refractivity contribution in [2.45, 2.75) is 125 Å². The molecular weight excluding hydrogens is 316 g/mol. The quantitative estimate of drug-likeness (QED) is 0.457. The second-order valence-electron chi connectivity index (χ2n) is 9.46. The third-order valence-corrected chi connectivity index (χ3v) is 6.11. The van der Waals surface area contributed by atoms with Gasteiger partial charge in [0, 0.05) is 5.56 Å². The number of benzene rings is 1. The summed E-state index contributed by atoms with van der Waals surface area (Å²) in [5.41, 5.74) is 6.27. The predicted molar refractivity (Wildman–Crippen MR) is 117 cm³/mol. The summed E-state index contributed by atoms with van der Waals surface area (Å²) in [5, 5.41) is 0. The Labute approximate surface area is 163 Å². The van der Waals surface area contributed by atoms with Crippen molar-refractivity contribution in [1.29, 1.82) is 0 Å². The van der Waals surface area contributed by atoms with Gasteiger partial charge in [0.1, 0.15) is 5.75 Å². The number of hydrogen-bond acceptors (Lipinski definition) is 1. The van der Waals surface area contributed by atoms with E-state index in [1.54, 1.807) is 0 Å². The zero-order chi connectivity index (χ0) is 20.3. The zero-order valence-corrected chi connectivity index (χ0v) is 19.5. The maximum Gasteiger partial charge on any atom is 0.127 e. The standard InChI is InChI=1S/C25H44O/c1-12-19-21(24(9,10)11)16-20(17(5)6)23(26-18(7)8)22(19)25(13-2,14-3)15-4/h16-18H,12-15H2,1-11H3. The van der Waals surface area contributed by atoms with Gasteiger partial charge in [-0.25, -0.2) is 0 Å². The van der Waals surface area contributed by atoms with Crippen LogP contribution < -0.4 is 4.74 Å². The Kier molecular flexibility index (Phi) is 7.81. The molecule has 0 aliphatic heterocycles. The van der Waals surface area contributed by atoms with Crippen molar-refractivity contribution in [3.63, 3.8) is 0 Å². The summed E-state index contributed by atoms with van der Waals surface area (Å²) >= 11 is 0. The van der Waals surface area contributed by atoms with Gasteiger partial charge in [-0.2, -0.15) is 0 Å². The smallest absolute Gasteiger partial charge is 0.127 e. The molecule has 0 aliphatic rings. The molecular formula is C25H44O. The lowest BCUT2D eigenvalue weighted by atomic mass is 9.67. The minimum absolute atomic E-state index is 0.140. The SMILES string of the molecule is CCc1c(C(C)(C)C)cc(C(C)C)c(OC(C)C)c1C(CC)(CC)CC. The highest BCUT2D eigenvalue weighted by molar-refractivity contribution is 5.57. The lowest BCUT2D eigenvalue weighted by Gasteiger charge is -2.39. The Morgan fingerprint density at radius 3 is 1.69 bits per heavy atom. The van der Waals surface area contributed by atoms with E-state index in [2.05, 4.69) is 82.2 Å². The third-order valence-electron chi connectivity index (χ3n) is 6.11. The summed E-state index contributed by atoms with van der Waals surface area (Å²) < 4.78 is 6.56. The molecule has 1 heteroatoms. The summed E-state index contributed by atoms with van der Waals surface area (Å²) in [6.45, 7) is 25.3. The summed E-state index contributed by atoms with van der Waals surface area (Å²) in [6, 6.07) is 2.45. The van der Waals surface area contributed by atoms with Gasteiger partial charge in [0.25, 0.3) is 0 Å². The monoisotopic (exact) mass is 360 g/mol. The minimum atomic E-state index is 0.140. The van der Waals surface area contributed by atoms with E-state index < -0.39 is 0 Å². The molecule has 150 valence electrons. The highest BCUT2D eigenvalue weighted by Gasteiger charge is 2.36. The van der Waals surface area contributed by atoms with Gasteiger partial charge in [0.15, 0.2) is 0 Å². The molecule has 0 unspecified atom stereocenters. The van der Waals surface area contributed by atoms with Crippen molar-refractivity contribution in [1.82, 2.24) is 0 Å². The summed E-state index contributed by atoms with van der Waals surface area (Å²) in [4.78, 5) is 0. The first-order valence-electron chi connectivity index (χ1n) is 10.9. The Balaban J connectivity index is 4.10. The van der Waals surface area contributed by atoms with Crippen LogP contribution in [0.3, 0.4) is 0 Å². The van der Waals surface area contributed by atoms with Gasteiger partial charge < -0.3 is 4.74 Å². The van der Waals surface area contributed by atoms with Crippen LogP contribution in [-0.2, 0) is 17.3 Å². The van der Waals surface area contributed by atoms with Crippen LogP contribution in [0.5, 0.6) is 5.75 Å². The Hall–Kier alpha value is -0.980. The first-order chi connectivity index (χ1) is 12.0. The van der Waals surface area contributed by atoms with E-state index in [0.29, 0.717) is 5.92 Å². The first-order valence-corrected chi connectivity index (χ1v) is 10.9. The molecule has 0 saturated carbocycles. The van der Waals surface area contributed by atoms with Gasteiger partial charge >= 0.3 is 0 Å². The van der Waals surface area contributed by atoms with E-state index in [9.17, 15) is 0 Å². The van der Waals surface area contributed by atoms with Crippen molar-refractivity contribution >= 4 is 0 Å². The van der Waals surface area contributed by atoms with Crippen LogP contribution in [0.4, 0.5) is 0 Å². The van der Waals surface area contributed by atoms with Gasteiger partial charge in [-0.3, -0.25) is 0 Å². The van der Waals surface area contributed by atoms with Crippen LogP contribution in [0.25, 0.3) is 0 Å². The summed E-state index contributed by atoms with van der Waals surface area (Å²) in [7, 11) is 0. The second-order valence-corrected chi connectivity index (χ2v) is 9.46. The minimum Gasteiger partial charge on any atom is -0.490 e. The Morgan fingerprint density at radius 2 is 1.38 bits per heavy atom. The fourth-order valence-corrected chi connectivity index (χ4v) is 4.39. The summed E-state index contributed by atoms with van der Waals surface area (Å²) in [5.74, 6) is 1.64. The number of ether oxygens (including phenoxy) is 1. The van der Waals surface area contributed by atoms with Crippen LogP contribution in [0.1, 0.15) is 124 Å². The van der Waals surface area contributed by atoms with Crippen molar-refractivity contribution in [2.75, 3.05) is 0 Å². The van der Waals surface area contributed by atoms with Crippen LogP contribution in [0.2, 0.25) is 0 Å². The van der Waals surface area contributed by atoms with E-state index in [-0.39, 0.29) is 16.9 Å². The molecule has 1 aromatic rings. The van der Waals surface area contributed by atoms with Crippen molar-refractivity contribution in [3.8, 4) is 5.75 Å². The lowest BCUT2D eigenvalue weighted by Crippen LogP contribution is -2.30. The molecule has 0 aromatic heterocycles. The molecule has 1 aromatic carbocycles. The molecule has 26 heavy (non-hydrogen) atoms. The molecule has 0 saturated heterocycles. The van der Waals surface area contributed by atoms with E-state index in [4.69, 9.17) is 4.74 Å². The average Bonchev–Trinajstić information content (AvgIpc) is 2.55. The molecule has 1 rings (SSSR count). The third kappa shape index (κ3) is 4.46. The summed E-state index contributed by atoms with van der Waals surface area (Å²) in [6.07, 6.45) is 4.74. The number of rotatable bonds is 8. The lowest BCUT2D eigenvalue weighted by molar-refractivity contribution is 0.227. The molecule has 0 heterocycles. The molecule has 0 fully saturated rings. The van der Waals surface area contributed by atoms with Gasteiger partial charge in [0.2, 0.25) is 0 Å². The number of hydrogen-bond donors (Lipinski definition) is 0. The van der Waals surface area contributed by atoms with Crippen molar-refractivity contribution in [2.24, 2.45) is 0 Å². The maximum absolute atomic E-state index is 6.56. The molecule has 1 nitrogen and oxygen atoms in total. The van der Waals surface area contributed by atoms with Crippen LogP contribution >= 0.6 is 0 Å². The highest BCUT2D eigenvalue weighted by Crippen LogP contribution is 2.49. The zero-order valence-electron chi connectivity index (χ0n) is 19.5. The fraction of sp³-hybridized carbons (Fsp3) is 0.760. The van der Waals surface area contributed by atoms with Gasteiger partial charge in [-0.15, -0.1) is 0 Å². The van der Waals surface area contributed by atoms with E-state index in [0.717, 1.165) is 25.7 Å². The molecule has 0 aliphatic carbocycles. The predicted octanol–water partition coefficient (Wildman–Crippen LogP) is 7.92. The highest BCUT2D eigenvalue weighted by atomic mass is 16.5. The molecule has 0 atom stereocenters. The van der Waals surface area contributed by atoms with E-state index in [1.807, 2.05) is 0 Å². The molecule has 0 amide bonds. The van der Waals surface area contributed by atoms with Crippen LogP contribution in [0.15, 0.2) is 6.07 Å². The van der Waals surface area contributed by atoms with E-state index in [1.165, 1.54) is 28.0 Å². The Bertz CT molecular complexity index is 575. The average molecular weight is 361 g/mol. The first kappa shape index (κ1) is 23.1. The topological polar surface area (TPSA) is 9.23 Å². The Morgan fingerprint density at radius 1 is 0.885 bits per heavy atom. The molecule has 0 radical (unpaired) electrons. The van der Waals surface area contributed by atoms with Crippen molar-refractivity contribution in [3.05, 3.63) is 28.3 Å². The maximum atomic E-state index is 6.56. The molecule has 0 N–H and O–H groups in total. The van der Waals surface area contributed by atoms with Gasteiger partial charge in [0.05, 0.1) is 6.10 Å². The second kappa shape index (κ2) is 8.81.